The summed E-state index contributed by atoms with van der Waals surface area (Å²) in [6, 6.07) is 23.6. The van der Waals surface area contributed by atoms with Gasteiger partial charge in [-0.25, -0.2) is 4.90 Å². The standard InChI is InChI=1S/C24H14Br3NO2/c25-17-11-5-6-12-18(17)28-21(29)19-20(22(28)30)24(27)14-8-2-1-7-13(14)23(19,26)15-9-3-4-10-16(15)24/h1-12,19-20H/t19-,20-,23?,24?/m0/s1. The molecule has 148 valence electrons. The van der Waals surface area contributed by atoms with Gasteiger partial charge in [0.05, 0.1) is 26.2 Å². The van der Waals surface area contributed by atoms with Crippen LogP contribution < -0.4 is 4.90 Å². The minimum Gasteiger partial charge on any atom is -0.274 e. The summed E-state index contributed by atoms with van der Waals surface area (Å²) >= 11 is 11.6. The number of hydrogen-bond acceptors (Lipinski definition) is 2. The topological polar surface area (TPSA) is 37.4 Å². The lowest BCUT2D eigenvalue weighted by molar-refractivity contribution is -0.122. The molecule has 1 heterocycles. The third-order valence-electron chi connectivity index (χ3n) is 6.68. The molecule has 1 fully saturated rings. The lowest BCUT2D eigenvalue weighted by Crippen LogP contribution is -2.56. The largest absolute Gasteiger partial charge is 0.274 e. The molecule has 0 N–H and O–H groups in total. The van der Waals surface area contributed by atoms with E-state index in [1.54, 1.807) is 6.07 Å². The summed E-state index contributed by atoms with van der Waals surface area (Å²) in [5.41, 5.74) is 4.74. The molecule has 0 saturated carbocycles. The van der Waals surface area contributed by atoms with E-state index in [1.807, 2.05) is 42.5 Å². The number of halogens is 3. The summed E-state index contributed by atoms with van der Waals surface area (Å²) in [5.74, 6) is -1.47. The van der Waals surface area contributed by atoms with Crippen molar-refractivity contribution in [1.82, 2.24) is 0 Å². The number of para-hydroxylation sites is 1. The smallest absolute Gasteiger partial charge is 0.239 e. The quantitative estimate of drug-likeness (QED) is 0.264. The number of amides is 2. The Hall–Kier alpha value is -1.76. The Morgan fingerprint density at radius 3 is 1.40 bits per heavy atom. The number of anilines is 1. The third kappa shape index (κ3) is 2.01. The molecule has 3 aromatic rings. The van der Waals surface area contributed by atoms with Crippen LogP contribution in [0, 0.1) is 11.8 Å². The van der Waals surface area contributed by atoms with E-state index < -0.39 is 20.5 Å². The number of benzene rings is 3. The Morgan fingerprint density at radius 1 is 0.633 bits per heavy atom. The molecule has 2 bridgehead atoms. The first-order valence-electron chi connectivity index (χ1n) is 9.62. The molecule has 2 amide bonds. The monoisotopic (exact) mass is 585 g/mol. The number of alkyl halides is 2. The highest BCUT2D eigenvalue weighted by Gasteiger charge is 2.72. The van der Waals surface area contributed by atoms with Gasteiger partial charge in [0.2, 0.25) is 11.8 Å². The Morgan fingerprint density at radius 2 is 1.00 bits per heavy atom. The molecular weight excluding hydrogens is 574 g/mol. The first-order valence-corrected chi connectivity index (χ1v) is 12.0. The van der Waals surface area contributed by atoms with Crippen LogP contribution in [0.1, 0.15) is 22.3 Å². The van der Waals surface area contributed by atoms with Gasteiger partial charge in [0.15, 0.2) is 0 Å². The Bertz CT molecular complexity index is 1150. The van der Waals surface area contributed by atoms with Crippen LogP contribution in [-0.4, -0.2) is 11.8 Å². The molecule has 3 aliphatic carbocycles. The second kappa shape index (κ2) is 6.15. The van der Waals surface area contributed by atoms with Crippen LogP contribution in [-0.2, 0) is 18.2 Å². The summed E-state index contributed by atoms with van der Waals surface area (Å²) in [5, 5.41) is 0. The van der Waals surface area contributed by atoms with E-state index in [0.717, 1.165) is 26.7 Å². The fourth-order valence-electron chi connectivity index (χ4n) is 5.54. The molecule has 0 radical (unpaired) electrons. The molecule has 0 aromatic heterocycles. The highest BCUT2D eigenvalue weighted by atomic mass is 79.9. The first kappa shape index (κ1) is 19.0. The lowest BCUT2D eigenvalue weighted by Gasteiger charge is -2.55. The van der Waals surface area contributed by atoms with Crippen LogP contribution >= 0.6 is 47.8 Å². The van der Waals surface area contributed by atoms with E-state index in [9.17, 15) is 9.59 Å². The van der Waals surface area contributed by atoms with Crippen molar-refractivity contribution >= 4 is 65.3 Å². The summed E-state index contributed by atoms with van der Waals surface area (Å²) in [7, 11) is 0. The van der Waals surface area contributed by atoms with Crippen LogP contribution in [0.25, 0.3) is 0 Å². The van der Waals surface area contributed by atoms with Crippen LogP contribution in [0.3, 0.4) is 0 Å². The Kier molecular flexibility index (Phi) is 3.89. The Labute approximate surface area is 198 Å². The SMILES string of the molecule is O=C1[C@@H]2[C@@H](C(=O)N1c1ccccc1Br)C1(Br)c3ccccc3C2(Br)c2ccccc21. The minimum atomic E-state index is -0.761. The van der Waals surface area contributed by atoms with Gasteiger partial charge in [-0.2, -0.15) is 0 Å². The van der Waals surface area contributed by atoms with Crippen LogP contribution in [0.2, 0.25) is 0 Å². The summed E-state index contributed by atoms with van der Waals surface area (Å²) in [4.78, 5) is 29.2. The van der Waals surface area contributed by atoms with E-state index >= 15 is 0 Å². The molecule has 6 heteroatoms. The normalized spacial score (nSPS) is 30.8. The molecule has 3 nitrogen and oxygen atoms in total. The fourth-order valence-corrected chi connectivity index (χ4v) is 8.30. The molecule has 4 aliphatic rings. The van der Waals surface area contributed by atoms with Gasteiger partial charge in [-0.1, -0.05) is 92.5 Å². The zero-order chi connectivity index (χ0) is 20.8. The van der Waals surface area contributed by atoms with Crippen molar-refractivity contribution in [2.75, 3.05) is 4.90 Å². The van der Waals surface area contributed by atoms with Gasteiger partial charge in [-0.3, -0.25) is 9.59 Å². The average Bonchev–Trinajstić information content (AvgIpc) is 3.04. The predicted molar refractivity (Wildman–Crippen MR) is 126 cm³/mol. The van der Waals surface area contributed by atoms with Gasteiger partial charge < -0.3 is 0 Å². The number of imide groups is 1. The molecule has 7 rings (SSSR count). The van der Waals surface area contributed by atoms with Crippen molar-refractivity contribution in [3.05, 3.63) is 99.5 Å². The van der Waals surface area contributed by atoms with E-state index in [0.29, 0.717) is 5.69 Å². The van der Waals surface area contributed by atoms with Gasteiger partial charge in [-0.15, -0.1) is 0 Å². The second-order valence-electron chi connectivity index (χ2n) is 7.93. The Balaban J connectivity index is 1.68. The molecule has 0 spiro atoms. The van der Waals surface area contributed by atoms with Crippen molar-refractivity contribution in [3.8, 4) is 0 Å². The molecule has 2 atom stereocenters. The molecule has 0 unspecified atom stereocenters. The number of nitrogens with zero attached hydrogens (tertiary/aromatic N) is 1. The molecular formula is C24H14Br3NO2. The maximum absolute atomic E-state index is 13.9. The number of rotatable bonds is 1. The van der Waals surface area contributed by atoms with Crippen LogP contribution in [0.4, 0.5) is 5.69 Å². The van der Waals surface area contributed by atoms with Gasteiger partial charge in [0.25, 0.3) is 0 Å². The highest BCUT2D eigenvalue weighted by Crippen LogP contribution is 2.70. The molecule has 30 heavy (non-hydrogen) atoms. The summed E-state index contributed by atoms with van der Waals surface area (Å²) in [6.45, 7) is 0. The molecule has 1 saturated heterocycles. The summed E-state index contributed by atoms with van der Waals surface area (Å²) in [6.07, 6.45) is 0. The van der Waals surface area contributed by atoms with Crippen molar-refractivity contribution in [2.45, 2.75) is 8.65 Å². The summed E-state index contributed by atoms with van der Waals surface area (Å²) < 4.78 is -0.799. The maximum atomic E-state index is 13.9. The number of carbonyl (C=O) groups is 2. The number of carbonyl (C=O) groups excluding carboxylic acids is 2. The van der Waals surface area contributed by atoms with Crippen molar-refractivity contribution < 1.29 is 9.59 Å². The van der Waals surface area contributed by atoms with Gasteiger partial charge in [0.1, 0.15) is 0 Å². The molecule has 1 aliphatic heterocycles. The van der Waals surface area contributed by atoms with E-state index in [-0.39, 0.29) is 11.8 Å². The fraction of sp³-hybridized carbons (Fsp3) is 0.167. The van der Waals surface area contributed by atoms with E-state index in [4.69, 9.17) is 0 Å². The zero-order valence-electron chi connectivity index (χ0n) is 15.5. The van der Waals surface area contributed by atoms with Crippen LogP contribution in [0.5, 0.6) is 0 Å². The van der Waals surface area contributed by atoms with E-state index in [2.05, 4.69) is 72.1 Å². The van der Waals surface area contributed by atoms with Crippen molar-refractivity contribution in [3.63, 3.8) is 0 Å². The first-order chi connectivity index (χ1) is 14.4. The zero-order valence-corrected chi connectivity index (χ0v) is 20.2. The number of hydrogen-bond donors (Lipinski definition) is 0. The van der Waals surface area contributed by atoms with Crippen LogP contribution in [0.15, 0.2) is 77.3 Å². The second-order valence-corrected chi connectivity index (χ2v) is 11.3. The van der Waals surface area contributed by atoms with Gasteiger partial charge in [0, 0.05) is 4.47 Å². The minimum absolute atomic E-state index is 0.179. The maximum Gasteiger partial charge on any atom is 0.239 e. The highest BCUT2D eigenvalue weighted by molar-refractivity contribution is 9.10. The average molecular weight is 588 g/mol. The van der Waals surface area contributed by atoms with Crippen molar-refractivity contribution in [1.29, 1.82) is 0 Å². The van der Waals surface area contributed by atoms with Gasteiger partial charge in [-0.05, 0) is 50.3 Å². The van der Waals surface area contributed by atoms with Crippen molar-refractivity contribution in [2.24, 2.45) is 11.8 Å². The molecule has 3 aromatic carbocycles. The lowest BCUT2D eigenvalue weighted by atomic mass is 9.54. The third-order valence-corrected chi connectivity index (χ3v) is 10.0. The van der Waals surface area contributed by atoms with Gasteiger partial charge >= 0.3 is 0 Å². The van der Waals surface area contributed by atoms with E-state index in [1.165, 1.54) is 4.90 Å². The predicted octanol–water partition coefficient (Wildman–Crippen LogP) is 5.86.